The van der Waals surface area contributed by atoms with Crippen molar-refractivity contribution in [2.45, 2.75) is 32.3 Å². The van der Waals surface area contributed by atoms with E-state index in [1.54, 1.807) is 0 Å². The minimum absolute atomic E-state index is 0. The Bertz CT molecular complexity index is 209. The average molecular weight is 409 g/mol. The molecule has 0 N–H and O–H groups in total. The van der Waals surface area contributed by atoms with Crippen LogP contribution in [0.4, 0.5) is 4.53 Å². The molecule has 0 heterocycles. The van der Waals surface area contributed by atoms with Crippen LogP contribution < -0.4 is 34.4 Å². The maximum atomic E-state index is 10.0. The molecule has 1 fully saturated rings. The molecule has 0 unspecified atom stereocenters. The SMILES string of the molecule is ClC1C(Cl)C(Cl)C(Cl)C(Cl)C1Cl.O=[Si]([O-])OF.[Na+]. The van der Waals surface area contributed by atoms with Gasteiger partial charge in [-0.15, -0.1) is 69.6 Å². The first-order chi connectivity index (χ1) is 7.73. The topological polar surface area (TPSA) is 49.4 Å². The fraction of sp³-hybridized carbons (Fsp3) is 1.00. The van der Waals surface area contributed by atoms with Gasteiger partial charge in [0.1, 0.15) is 0 Å². The van der Waals surface area contributed by atoms with Crippen LogP contribution in [0.1, 0.15) is 0 Å². The third-order valence-corrected chi connectivity index (χ3v) is 6.05. The van der Waals surface area contributed by atoms with Crippen LogP contribution in [-0.2, 0) is 9.09 Å². The second kappa shape index (κ2) is 10.9. The van der Waals surface area contributed by atoms with Crippen LogP contribution in [0.25, 0.3) is 0 Å². The molecule has 0 spiro atoms. The minimum atomic E-state index is -3.54. The molecule has 0 atom stereocenters. The van der Waals surface area contributed by atoms with Crippen LogP contribution >= 0.6 is 69.6 Å². The van der Waals surface area contributed by atoms with Crippen LogP contribution in [0.2, 0.25) is 0 Å². The molecule has 12 heteroatoms. The molecule has 1 aliphatic rings. The summed E-state index contributed by atoms with van der Waals surface area (Å²) < 4.78 is 21.1. The molecule has 0 saturated heterocycles. The summed E-state index contributed by atoms with van der Waals surface area (Å²) in [6.07, 6.45) is 0. The van der Waals surface area contributed by atoms with Crippen LogP contribution in [0.3, 0.4) is 0 Å². The predicted molar refractivity (Wildman–Crippen MR) is 66.5 cm³/mol. The summed E-state index contributed by atoms with van der Waals surface area (Å²) in [7, 11) is -3.54. The van der Waals surface area contributed by atoms with E-state index >= 15 is 0 Å². The zero-order chi connectivity index (χ0) is 13.7. The molecule has 1 aliphatic carbocycles. The van der Waals surface area contributed by atoms with Gasteiger partial charge in [0, 0.05) is 0 Å². The number of halogens is 7. The summed E-state index contributed by atoms with van der Waals surface area (Å²) in [5, 5.41) is -2.62. The molecule has 18 heavy (non-hydrogen) atoms. The third kappa shape index (κ3) is 6.83. The fourth-order valence-electron chi connectivity index (χ4n) is 1.05. The molecule has 0 bridgehead atoms. The van der Waals surface area contributed by atoms with Gasteiger partial charge in [-0.25, -0.2) is 0 Å². The van der Waals surface area contributed by atoms with Gasteiger partial charge < -0.3 is 13.9 Å². The smallest absolute Gasteiger partial charge is 0.478 e. The summed E-state index contributed by atoms with van der Waals surface area (Å²) in [6.45, 7) is 0. The van der Waals surface area contributed by atoms with Crippen LogP contribution in [0.5, 0.6) is 0 Å². The Morgan fingerprint density at radius 2 is 0.944 bits per heavy atom. The Morgan fingerprint density at radius 1 is 0.833 bits per heavy atom. The molecule has 102 valence electrons. The first-order valence-corrected chi connectivity index (χ1v) is 7.92. The van der Waals surface area contributed by atoms with E-state index in [0.717, 1.165) is 0 Å². The molecule has 0 aromatic rings. The van der Waals surface area contributed by atoms with Gasteiger partial charge >= 0.3 is 38.7 Å². The van der Waals surface area contributed by atoms with Gasteiger partial charge in [0.15, 0.2) is 0 Å². The second-order valence-corrected chi connectivity index (χ2v) is 6.67. The van der Waals surface area contributed by atoms with Gasteiger partial charge in [-0.05, 0) is 0 Å². The standard InChI is InChI=1S/C6H6Cl6.FO3Si.Na/c7-1-2(8)4(10)6(12)5(11)3(1)9;1-4-5(2)3;/h1-6H;;/q;-1;+1. The monoisotopic (exact) mass is 406 g/mol. The van der Waals surface area contributed by atoms with Crippen molar-refractivity contribution in [3.05, 3.63) is 0 Å². The van der Waals surface area contributed by atoms with E-state index in [4.69, 9.17) is 78.9 Å². The van der Waals surface area contributed by atoms with Gasteiger partial charge in [-0.3, -0.25) is 0 Å². The Labute approximate surface area is 157 Å². The molecule has 3 nitrogen and oxygen atoms in total. The van der Waals surface area contributed by atoms with Gasteiger partial charge in [-0.1, -0.05) is 4.53 Å². The molecule has 0 aromatic heterocycles. The van der Waals surface area contributed by atoms with Crippen molar-refractivity contribution < 1.29 is 48.0 Å². The van der Waals surface area contributed by atoms with E-state index in [1.165, 1.54) is 0 Å². The largest absolute Gasteiger partial charge is 1.00 e. The second-order valence-electron chi connectivity index (χ2n) is 2.99. The number of alkyl halides is 6. The Hall–Kier alpha value is 2.29. The Kier molecular flexibility index (Phi) is 13.7. The summed E-state index contributed by atoms with van der Waals surface area (Å²) in [4.78, 5) is 8.84. The molecular weight excluding hydrogens is 403 g/mol. The van der Waals surface area contributed by atoms with Crippen molar-refractivity contribution in [2.24, 2.45) is 0 Å². The van der Waals surface area contributed by atoms with E-state index < -0.39 is 41.4 Å². The van der Waals surface area contributed by atoms with Crippen LogP contribution in [-0.4, -0.2) is 41.4 Å². The normalized spacial score (nSPS) is 38.8. The van der Waals surface area contributed by atoms with Gasteiger partial charge in [0.05, 0.1) is 32.3 Å². The summed E-state index contributed by atoms with van der Waals surface area (Å²) in [6, 6.07) is 0. The van der Waals surface area contributed by atoms with E-state index in [-0.39, 0.29) is 29.6 Å². The number of hydrogen-bond acceptors (Lipinski definition) is 3. The van der Waals surface area contributed by atoms with Crippen molar-refractivity contribution in [3.8, 4) is 0 Å². The average Bonchev–Trinajstić information content (AvgIpc) is 2.32. The maximum absolute atomic E-state index is 10.0. The number of rotatable bonds is 1. The molecule has 0 aliphatic heterocycles. The Balaban J connectivity index is 0. The van der Waals surface area contributed by atoms with Gasteiger partial charge in [-0.2, -0.15) is 0 Å². The van der Waals surface area contributed by atoms with Crippen molar-refractivity contribution >= 4 is 78.8 Å². The molecular formula is C6H6Cl6FNaO3Si. The number of hydrogen-bond donors (Lipinski definition) is 0. The van der Waals surface area contributed by atoms with E-state index in [0.29, 0.717) is 0 Å². The van der Waals surface area contributed by atoms with E-state index in [1.807, 2.05) is 0 Å². The van der Waals surface area contributed by atoms with Crippen LogP contribution in [0, 0.1) is 0 Å². The van der Waals surface area contributed by atoms with Gasteiger partial charge in [0.2, 0.25) is 0 Å². The fourth-order valence-corrected chi connectivity index (χ4v) is 3.38. The molecule has 0 aromatic carbocycles. The molecule has 0 amide bonds. The van der Waals surface area contributed by atoms with Crippen molar-refractivity contribution in [1.29, 1.82) is 0 Å². The predicted octanol–water partition coefficient (Wildman–Crippen LogP) is -0.688. The minimum Gasteiger partial charge on any atom is -0.478 e. The quantitative estimate of drug-likeness (QED) is 0.426. The summed E-state index contributed by atoms with van der Waals surface area (Å²) in [5.74, 6) is 0. The van der Waals surface area contributed by atoms with Crippen molar-refractivity contribution in [2.75, 3.05) is 0 Å². The van der Waals surface area contributed by atoms with E-state index in [2.05, 4.69) is 4.63 Å². The zero-order valence-corrected chi connectivity index (χ0v) is 16.4. The molecule has 1 saturated carbocycles. The first-order valence-electron chi connectivity index (χ1n) is 4.08. The first kappa shape index (κ1) is 22.6. The van der Waals surface area contributed by atoms with Crippen molar-refractivity contribution in [3.63, 3.8) is 0 Å². The zero-order valence-electron chi connectivity index (χ0n) is 8.83. The third-order valence-electron chi connectivity index (χ3n) is 1.89. The van der Waals surface area contributed by atoms with Crippen molar-refractivity contribution in [1.82, 2.24) is 0 Å². The summed E-state index contributed by atoms with van der Waals surface area (Å²) in [5.41, 5.74) is 0. The summed E-state index contributed by atoms with van der Waals surface area (Å²) >= 11 is 35.3. The Morgan fingerprint density at radius 3 is 1.00 bits per heavy atom. The van der Waals surface area contributed by atoms with Gasteiger partial charge in [0.25, 0.3) is 0 Å². The maximum Gasteiger partial charge on any atom is 1.00 e. The molecule has 1 rings (SSSR count). The van der Waals surface area contributed by atoms with E-state index in [9.17, 15) is 4.53 Å². The van der Waals surface area contributed by atoms with Crippen LogP contribution in [0.15, 0.2) is 0 Å². The molecule has 0 radical (unpaired) electrons.